The number of rotatable bonds is 3. The topological polar surface area (TPSA) is 39.2 Å². The van der Waals surface area contributed by atoms with Crippen LogP contribution in [-0.4, -0.2) is 17.6 Å². The highest BCUT2D eigenvalue weighted by Gasteiger charge is 2.13. The molecule has 0 aliphatic rings. The number of benzene rings is 1. The van der Waals surface area contributed by atoms with Crippen molar-refractivity contribution in [3.63, 3.8) is 0 Å². The molecule has 0 unspecified atom stereocenters. The molecule has 0 amide bonds. The lowest BCUT2D eigenvalue weighted by atomic mass is 10.3. The van der Waals surface area contributed by atoms with E-state index in [1.165, 1.54) is 11.3 Å². The molecule has 2 aromatic rings. The smallest absolute Gasteiger partial charge is 0.312 e. The second-order valence-electron chi connectivity index (χ2n) is 3.30. The molecule has 0 saturated heterocycles. The first kappa shape index (κ1) is 12.4. The Bertz CT molecular complexity index is 570. The largest absolute Gasteiger partial charge is 0.466 e. The van der Waals surface area contributed by atoms with E-state index in [2.05, 4.69) is 20.9 Å². The highest BCUT2D eigenvalue weighted by atomic mass is 79.9. The van der Waals surface area contributed by atoms with Gasteiger partial charge in [0.05, 0.1) is 27.7 Å². The number of halogens is 2. The summed E-state index contributed by atoms with van der Waals surface area (Å²) in [6.45, 7) is 2.08. The van der Waals surface area contributed by atoms with Crippen LogP contribution in [-0.2, 0) is 16.0 Å². The van der Waals surface area contributed by atoms with E-state index in [0.717, 1.165) is 0 Å². The maximum atomic E-state index is 13.7. The van der Waals surface area contributed by atoms with Crippen molar-refractivity contribution < 1.29 is 13.9 Å². The molecule has 0 bridgehead atoms. The van der Waals surface area contributed by atoms with E-state index in [-0.39, 0.29) is 18.2 Å². The molecule has 0 spiro atoms. The van der Waals surface area contributed by atoms with Crippen molar-refractivity contribution in [1.29, 1.82) is 0 Å². The summed E-state index contributed by atoms with van der Waals surface area (Å²) in [6, 6.07) is 3.32. The van der Waals surface area contributed by atoms with Crippen LogP contribution in [0.3, 0.4) is 0 Å². The van der Waals surface area contributed by atoms with Crippen LogP contribution in [0.15, 0.2) is 16.6 Å². The second kappa shape index (κ2) is 5.10. The van der Waals surface area contributed by atoms with Gasteiger partial charge in [0.15, 0.2) is 5.82 Å². The molecule has 6 heteroatoms. The van der Waals surface area contributed by atoms with Crippen molar-refractivity contribution in [2.75, 3.05) is 6.61 Å². The SMILES string of the molecule is CCOC(=O)Cc1nc2ccc(Br)c(F)c2s1. The van der Waals surface area contributed by atoms with Gasteiger partial charge >= 0.3 is 5.97 Å². The Morgan fingerprint density at radius 1 is 1.59 bits per heavy atom. The number of fused-ring (bicyclic) bond motifs is 1. The van der Waals surface area contributed by atoms with Crippen LogP contribution in [0.5, 0.6) is 0 Å². The van der Waals surface area contributed by atoms with E-state index in [1.54, 1.807) is 19.1 Å². The van der Waals surface area contributed by atoms with Crippen molar-refractivity contribution in [2.45, 2.75) is 13.3 Å². The summed E-state index contributed by atoms with van der Waals surface area (Å²) in [4.78, 5) is 15.5. The number of ether oxygens (including phenoxy) is 1. The molecule has 0 N–H and O–H groups in total. The zero-order valence-corrected chi connectivity index (χ0v) is 11.4. The first-order valence-corrected chi connectivity index (χ1v) is 6.61. The second-order valence-corrected chi connectivity index (χ2v) is 5.24. The summed E-state index contributed by atoms with van der Waals surface area (Å²) in [5.41, 5.74) is 0.565. The standard InChI is InChI=1S/C11H9BrFNO2S/c1-2-16-9(15)5-8-14-7-4-3-6(12)10(13)11(7)17-8/h3-4H,2,5H2,1H3. The van der Waals surface area contributed by atoms with Gasteiger partial charge in [-0.15, -0.1) is 11.3 Å². The van der Waals surface area contributed by atoms with Crippen molar-refractivity contribution in [3.05, 3.63) is 27.4 Å². The highest BCUT2D eigenvalue weighted by Crippen LogP contribution is 2.29. The van der Waals surface area contributed by atoms with E-state index in [9.17, 15) is 9.18 Å². The number of carbonyl (C=O) groups excluding carboxylic acids is 1. The number of hydrogen-bond donors (Lipinski definition) is 0. The molecule has 0 saturated carbocycles. The Hall–Kier alpha value is -1.01. The van der Waals surface area contributed by atoms with Gasteiger partial charge in [0.1, 0.15) is 5.01 Å². The van der Waals surface area contributed by atoms with Gasteiger partial charge in [-0.25, -0.2) is 9.37 Å². The third-order valence-electron chi connectivity index (χ3n) is 2.10. The average Bonchev–Trinajstić information content (AvgIpc) is 2.67. The number of nitrogens with zero attached hydrogens (tertiary/aromatic N) is 1. The summed E-state index contributed by atoms with van der Waals surface area (Å²) in [5, 5.41) is 0.565. The molecule has 0 fully saturated rings. The van der Waals surface area contributed by atoms with Gasteiger partial charge in [-0.05, 0) is 35.0 Å². The normalized spacial score (nSPS) is 10.8. The molecule has 1 heterocycles. The lowest BCUT2D eigenvalue weighted by Crippen LogP contribution is -2.06. The van der Waals surface area contributed by atoms with E-state index in [0.29, 0.717) is 26.3 Å². The molecular formula is C11H9BrFNO2S. The molecule has 0 atom stereocenters. The Kier molecular flexibility index (Phi) is 3.73. The average molecular weight is 318 g/mol. The summed E-state index contributed by atoms with van der Waals surface area (Å²) < 4.78 is 19.4. The van der Waals surface area contributed by atoms with Gasteiger partial charge in [-0.3, -0.25) is 4.79 Å². The van der Waals surface area contributed by atoms with E-state index < -0.39 is 0 Å². The maximum Gasteiger partial charge on any atom is 0.312 e. The minimum absolute atomic E-state index is 0.0875. The summed E-state index contributed by atoms with van der Waals surface area (Å²) in [7, 11) is 0. The molecule has 0 aliphatic carbocycles. The molecule has 0 aliphatic heterocycles. The Morgan fingerprint density at radius 2 is 2.35 bits per heavy atom. The fraction of sp³-hybridized carbons (Fsp3) is 0.273. The van der Waals surface area contributed by atoms with Crippen LogP contribution >= 0.6 is 27.3 Å². The fourth-order valence-corrected chi connectivity index (χ4v) is 2.84. The van der Waals surface area contributed by atoms with Crippen LogP contribution in [0.1, 0.15) is 11.9 Å². The number of hydrogen-bond acceptors (Lipinski definition) is 4. The molecule has 1 aromatic heterocycles. The van der Waals surface area contributed by atoms with Gasteiger partial charge in [0.2, 0.25) is 0 Å². The molecule has 2 rings (SSSR count). The number of thiazole rings is 1. The van der Waals surface area contributed by atoms with Gasteiger partial charge in [0.25, 0.3) is 0 Å². The van der Waals surface area contributed by atoms with Crippen molar-refractivity contribution >= 4 is 43.5 Å². The molecule has 1 aromatic carbocycles. The number of carbonyl (C=O) groups is 1. The molecule has 17 heavy (non-hydrogen) atoms. The quantitative estimate of drug-likeness (QED) is 0.815. The monoisotopic (exact) mass is 317 g/mol. The first-order chi connectivity index (χ1) is 8.11. The zero-order chi connectivity index (χ0) is 12.4. The minimum Gasteiger partial charge on any atom is -0.466 e. The van der Waals surface area contributed by atoms with Crippen molar-refractivity contribution in [1.82, 2.24) is 4.98 Å². The molecule has 90 valence electrons. The maximum absolute atomic E-state index is 13.7. The van der Waals surface area contributed by atoms with Crippen LogP contribution < -0.4 is 0 Å². The van der Waals surface area contributed by atoms with Crippen LogP contribution in [0, 0.1) is 5.82 Å². The Labute approximate surface area is 110 Å². The van der Waals surface area contributed by atoms with Gasteiger partial charge in [-0.1, -0.05) is 0 Å². The Morgan fingerprint density at radius 3 is 3.06 bits per heavy atom. The highest BCUT2D eigenvalue weighted by molar-refractivity contribution is 9.10. The fourth-order valence-electron chi connectivity index (χ4n) is 1.39. The van der Waals surface area contributed by atoms with Crippen LogP contribution in [0.25, 0.3) is 10.2 Å². The van der Waals surface area contributed by atoms with E-state index in [1.807, 2.05) is 0 Å². The lowest BCUT2D eigenvalue weighted by molar-refractivity contribution is -0.142. The predicted octanol–water partition coefficient (Wildman–Crippen LogP) is 3.30. The van der Waals surface area contributed by atoms with Crippen LogP contribution in [0.4, 0.5) is 4.39 Å². The van der Waals surface area contributed by atoms with Crippen LogP contribution in [0.2, 0.25) is 0 Å². The van der Waals surface area contributed by atoms with Gasteiger partial charge in [0, 0.05) is 0 Å². The predicted molar refractivity (Wildman–Crippen MR) is 67.6 cm³/mol. The first-order valence-electron chi connectivity index (χ1n) is 5.01. The van der Waals surface area contributed by atoms with Gasteiger partial charge in [-0.2, -0.15) is 0 Å². The zero-order valence-electron chi connectivity index (χ0n) is 9.00. The van der Waals surface area contributed by atoms with Crippen molar-refractivity contribution in [2.24, 2.45) is 0 Å². The number of esters is 1. The number of aromatic nitrogens is 1. The van der Waals surface area contributed by atoms with E-state index in [4.69, 9.17) is 4.74 Å². The summed E-state index contributed by atoms with van der Waals surface area (Å²) in [5.74, 6) is -0.680. The van der Waals surface area contributed by atoms with Gasteiger partial charge < -0.3 is 4.74 Å². The molecule has 3 nitrogen and oxygen atoms in total. The van der Waals surface area contributed by atoms with Crippen molar-refractivity contribution in [3.8, 4) is 0 Å². The third-order valence-corrected chi connectivity index (χ3v) is 3.77. The molecule has 0 radical (unpaired) electrons. The summed E-state index contributed by atoms with van der Waals surface area (Å²) in [6.07, 6.45) is 0.0875. The summed E-state index contributed by atoms with van der Waals surface area (Å²) >= 11 is 4.29. The molecular weight excluding hydrogens is 309 g/mol. The Balaban J connectivity index is 2.32. The minimum atomic E-state index is -0.342. The third kappa shape index (κ3) is 2.63. The van der Waals surface area contributed by atoms with E-state index >= 15 is 0 Å². The lowest BCUT2D eigenvalue weighted by Gasteiger charge is -1.97.